The summed E-state index contributed by atoms with van der Waals surface area (Å²) < 4.78 is 0. The summed E-state index contributed by atoms with van der Waals surface area (Å²) >= 11 is 0. The lowest BCUT2D eigenvalue weighted by atomic mass is 10.1. The lowest BCUT2D eigenvalue weighted by Gasteiger charge is -1.99. The first-order valence-electron chi connectivity index (χ1n) is 3.29. The van der Waals surface area contributed by atoms with Gasteiger partial charge < -0.3 is 5.21 Å². The molecule has 0 heterocycles. The fourth-order valence-electron chi connectivity index (χ4n) is 0.567. The van der Waals surface area contributed by atoms with Gasteiger partial charge in [-0.05, 0) is 25.6 Å². The molecular formula is C7H12N2O2. The van der Waals surface area contributed by atoms with Crippen molar-refractivity contribution in [2.45, 2.75) is 27.7 Å². The van der Waals surface area contributed by atoms with Crippen LogP contribution in [0.4, 0.5) is 0 Å². The molecule has 0 bridgehead atoms. The molecule has 0 fully saturated rings. The van der Waals surface area contributed by atoms with Crippen LogP contribution in [-0.2, 0) is 0 Å². The number of nitroso groups, excluding NO2 is 1. The Balaban J connectivity index is 4.90. The first-order chi connectivity index (χ1) is 5.00. The largest absolute Gasteiger partial charge is 0.592 e. The SMILES string of the molecule is CC(C)=C(C)/C(C)=[N+](/[O-])N=O. The van der Waals surface area contributed by atoms with Crippen molar-refractivity contribution in [3.05, 3.63) is 21.3 Å². The van der Waals surface area contributed by atoms with Crippen molar-refractivity contribution in [1.29, 1.82) is 0 Å². The van der Waals surface area contributed by atoms with Crippen LogP contribution in [0.2, 0.25) is 0 Å². The van der Waals surface area contributed by atoms with Crippen LogP contribution >= 0.6 is 0 Å². The molecule has 0 aromatic rings. The first kappa shape index (κ1) is 9.81. The van der Waals surface area contributed by atoms with E-state index in [1.807, 2.05) is 13.8 Å². The van der Waals surface area contributed by atoms with Crippen LogP contribution < -0.4 is 0 Å². The van der Waals surface area contributed by atoms with Crippen molar-refractivity contribution in [3.63, 3.8) is 0 Å². The average molecular weight is 156 g/mol. The minimum Gasteiger partial charge on any atom is -0.592 e. The quantitative estimate of drug-likeness (QED) is 0.202. The van der Waals surface area contributed by atoms with Gasteiger partial charge in [-0.1, -0.05) is 10.5 Å². The van der Waals surface area contributed by atoms with Crippen LogP contribution in [-0.4, -0.2) is 10.6 Å². The highest BCUT2D eigenvalue weighted by Gasteiger charge is 2.07. The van der Waals surface area contributed by atoms with E-state index in [0.717, 1.165) is 11.1 Å². The highest BCUT2D eigenvalue weighted by atomic mass is 16.6. The smallest absolute Gasteiger partial charge is 0.253 e. The van der Waals surface area contributed by atoms with E-state index >= 15 is 0 Å². The zero-order chi connectivity index (χ0) is 9.02. The summed E-state index contributed by atoms with van der Waals surface area (Å²) in [5.41, 5.74) is 2.16. The highest BCUT2D eigenvalue weighted by molar-refractivity contribution is 5.94. The molecule has 0 N–H and O–H groups in total. The predicted octanol–water partition coefficient (Wildman–Crippen LogP) is 2.00. The molecule has 0 saturated carbocycles. The summed E-state index contributed by atoms with van der Waals surface area (Å²) in [6.45, 7) is 7.09. The van der Waals surface area contributed by atoms with E-state index in [1.165, 1.54) is 0 Å². The molecule has 62 valence electrons. The van der Waals surface area contributed by atoms with Gasteiger partial charge in [0.2, 0.25) is 5.71 Å². The Bertz CT molecular complexity index is 225. The van der Waals surface area contributed by atoms with Crippen LogP contribution in [0.15, 0.2) is 16.4 Å². The van der Waals surface area contributed by atoms with Crippen molar-refractivity contribution >= 4 is 5.71 Å². The van der Waals surface area contributed by atoms with Crippen LogP contribution in [0.25, 0.3) is 0 Å². The summed E-state index contributed by atoms with van der Waals surface area (Å²) in [5.74, 6) is 0. The number of hydrogen-bond acceptors (Lipinski definition) is 3. The molecule has 4 nitrogen and oxygen atoms in total. The maximum absolute atomic E-state index is 10.6. The van der Waals surface area contributed by atoms with Gasteiger partial charge in [-0.3, -0.25) is 0 Å². The van der Waals surface area contributed by atoms with E-state index in [2.05, 4.69) is 5.29 Å². The van der Waals surface area contributed by atoms with E-state index in [4.69, 9.17) is 0 Å². The Morgan fingerprint density at radius 1 is 1.27 bits per heavy atom. The van der Waals surface area contributed by atoms with Crippen LogP contribution in [0.1, 0.15) is 27.7 Å². The Labute approximate surface area is 65.8 Å². The molecule has 0 aromatic heterocycles. The van der Waals surface area contributed by atoms with Gasteiger partial charge in [0.25, 0.3) is 5.29 Å². The zero-order valence-electron chi connectivity index (χ0n) is 7.21. The molecule has 0 aliphatic carbocycles. The molecule has 0 unspecified atom stereocenters. The molecule has 11 heavy (non-hydrogen) atoms. The van der Waals surface area contributed by atoms with Gasteiger partial charge >= 0.3 is 0 Å². The zero-order valence-corrected chi connectivity index (χ0v) is 7.21. The standard InChI is InChI=1S/C7H12N2O2/c1-5(2)6(3)7(4)9(11)8-10/h1-4H3/b9-7+. The summed E-state index contributed by atoms with van der Waals surface area (Å²) in [6, 6.07) is 0. The molecule has 4 heteroatoms. The molecule has 0 aromatic carbocycles. The normalized spacial score (nSPS) is 12.0. The van der Waals surface area contributed by atoms with Gasteiger partial charge in [-0.15, -0.1) is 0 Å². The lowest BCUT2D eigenvalue weighted by Crippen LogP contribution is -2.08. The van der Waals surface area contributed by atoms with Gasteiger partial charge in [0.15, 0.2) is 0 Å². The molecule has 0 rings (SSSR count). The molecular weight excluding hydrogens is 144 g/mol. The third kappa shape index (κ3) is 2.49. The minimum absolute atomic E-state index is 0.0856. The molecule has 0 aliphatic rings. The second kappa shape index (κ2) is 3.85. The minimum atomic E-state index is 0.0856. The Hall–Kier alpha value is -1.19. The molecule has 0 amide bonds. The van der Waals surface area contributed by atoms with Crippen LogP contribution in [0.3, 0.4) is 0 Å². The molecule has 0 atom stereocenters. The molecule has 0 spiro atoms. The topological polar surface area (TPSA) is 55.5 Å². The molecule has 0 saturated heterocycles. The number of nitrogens with zero attached hydrogens (tertiary/aromatic N) is 2. The van der Waals surface area contributed by atoms with Crippen molar-refractivity contribution < 1.29 is 4.85 Å². The van der Waals surface area contributed by atoms with Crippen molar-refractivity contribution in [2.24, 2.45) is 5.29 Å². The maximum Gasteiger partial charge on any atom is 0.253 e. The monoisotopic (exact) mass is 156 g/mol. The highest BCUT2D eigenvalue weighted by Crippen LogP contribution is 2.03. The number of allylic oxidation sites excluding steroid dienone is 2. The third-order valence-electron chi connectivity index (χ3n) is 1.65. The van der Waals surface area contributed by atoms with Gasteiger partial charge in [0.05, 0.1) is 0 Å². The molecule has 0 radical (unpaired) electrons. The second-order valence-electron chi connectivity index (χ2n) is 2.56. The Kier molecular flexibility index (Phi) is 3.44. The van der Waals surface area contributed by atoms with Gasteiger partial charge in [0, 0.05) is 12.5 Å². The van der Waals surface area contributed by atoms with E-state index in [0.29, 0.717) is 5.71 Å². The van der Waals surface area contributed by atoms with E-state index in [1.54, 1.807) is 13.8 Å². The predicted molar refractivity (Wildman–Crippen MR) is 44.2 cm³/mol. The van der Waals surface area contributed by atoms with E-state index in [-0.39, 0.29) is 4.85 Å². The summed E-state index contributed by atoms with van der Waals surface area (Å²) in [6.07, 6.45) is 0. The van der Waals surface area contributed by atoms with Gasteiger partial charge in [-0.25, -0.2) is 0 Å². The van der Waals surface area contributed by atoms with Crippen LogP contribution in [0, 0.1) is 10.1 Å². The number of rotatable bonds is 2. The van der Waals surface area contributed by atoms with Gasteiger partial charge in [-0.2, -0.15) is 0 Å². The lowest BCUT2D eigenvalue weighted by molar-refractivity contribution is -0.465. The second-order valence-corrected chi connectivity index (χ2v) is 2.56. The van der Waals surface area contributed by atoms with Crippen molar-refractivity contribution in [3.8, 4) is 0 Å². The third-order valence-corrected chi connectivity index (χ3v) is 1.65. The first-order valence-corrected chi connectivity index (χ1v) is 3.29. The van der Waals surface area contributed by atoms with E-state index < -0.39 is 0 Å². The van der Waals surface area contributed by atoms with Crippen molar-refractivity contribution in [1.82, 2.24) is 0 Å². The maximum atomic E-state index is 10.6. The fourth-order valence-corrected chi connectivity index (χ4v) is 0.567. The Morgan fingerprint density at radius 2 is 1.73 bits per heavy atom. The number of hydrogen-bond donors (Lipinski definition) is 0. The summed E-state index contributed by atoms with van der Waals surface area (Å²) in [7, 11) is 0. The van der Waals surface area contributed by atoms with Gasteiger partial charge in [0.1, 0.15) is 0 Å². The summed E-state index contributed by atoms with van der Waals surface area (Å²) in [4.78, 5) is 9.88. The molecule has 0 aliphatic heterocycles. The summed E-state index contributed by atoms with van der Waals surface area (Å²) in [5, 5.41) is 12.9. The Morgan fingerprint density at radius 3 is 2.00 bits per heavy atom. The van der Waals surface area contributed by atoms with E-state index in [9.17, 15) is 10.1 Å². The van der Waals surface area contributed by atoms with Crippen molar-refractivity contribution in [2.75, 3.05) is 0 Å². The average Bonchev–Trinajstić information content (AvgIpc) is 2.00. The fraction of sp³-hybridized carbons (Fsp3) is 0.571. The van der Waals surface area contributed by atoms with Crippen LogP contribution in [0.5, 0.6) is 0 Å².